The molecule has 0 aliphatic heterocycles. The lowest BCUT2D eigenvalue weighted by Gasteiger charge is -2.12. The van der Waals surface area contributed by atoms with Gasteiger partial charge in [-0.3, -0.25) is 0 Å². The van der Waals surface area contributed by atoms with Crippen molar-refractivity contribution in [2.45, 2.75) is 0 Å². The summed E-state index contributed by atoms with van der Waals surface area (Å²) in [6, 6.07) is 10.5. The summed E-state index contributed by atoms with van der Waals surface area (Å²) in [6.45, 7) is 1.34. The molecule has 0 aliphatic carbocycles. The minimum absolute atomic E-state index is 0.138. The zero-order valence-electron chi connectivity index (χ0n) is 11.4. The maximum absolute atomic E-state index is 9.41. The number of benzene rings is 2. The molecular weight excluding hydrogens is 254 g/mol. The zero-order chi connectivity index (χ0) is 14.5. The Bertz CT molecular complexity index is 600. The van der Waals surface area contributed by atoms with Crippen molar-refractivity contribution in [1.29, 1.82) is 0 Å². The van der Waals surface area contributed by atoms with Crippen molar-refractivity contribution in [3.05, 3.63) is 36.4 Å². The van der Waals surface area contributed by atoms with Gasteiger partial charge in [-0.15, -0.1) is 0 Å². The fraction of sp³-hybridized carbons (Fsp3) is 0.200. The first-order valence-corrected chi connectivity index (χ1v) is 6.33. The highest BCUT2D eigenvalue weighted by Crippen LogP contribution is 2.34. The molecule has 0 heterocycles. The van der Waals surface area contributed by atoms with Crippen LogP contribution in [0.2, 0.25) is 0 Å². The molecule has 0 saturated heterocycles. The maximum atomic E-state index is 9.41. The number of phenols is 1. The van der Waals surface area contributed by atoms with Gasteiger partial charge in [-0.05, 0) is 30.3 Å². The van der Waals surface area contributed by atoms with Crippen molar-refractivity contribution in [2.75, 3.05) is 37.0 Å². The third-order valence-corrected chi connectivity index (χ3v) is 3.01. The van der Waals surface area contributed by atoms with Crippen LogP contribution in [-0.2, 0) is 4.74 Å². The molecule has 2 aromatic carbocycles. The minimum atomic E-state index is 0.138. The Hall–Kier alpha value is -2.40. The van der Waals surface area contributed by atoms with Crippen molar-refractivity contribution in [1.82, 2.24) is 0 Å². The highest BCUT2D eigenvalue weighted by Gasteiger charge is 2.08. The second-order valence-corrected chi connectivity index (χ2v) is 4.49. The van der Waals surface area contributed by atoms with Gasteiger partial charge in [0.1, 0.15) is 5.75 Å². The molecule has 0 aliphatic rings. The predicted octanol–water partition coefficient (Wildman–Crippen LogP) is 2.28. The number of hydrogen-bond donors (Lipinski definition) is 4. The highest BCUT2D eigenvalue weighted by atomic mass is 16.5. The van der Waals surface area contributed by atoms with Crippen LogP contribution in [0.4, 0.5) is 17.1 Å². The fourth-order valence-electron chi connectivity index (χ4n) is 1.99. The Labute approximate surface area is 118 Å². The van der Waals surface area contributed by atoms with E-state index in [4.69, 9.17) is 16.2 Å². The van der Waals surface area contributed by atoms with Gasteiger partial charge in [0.25, 0.3) is 0 Å². The fourth-order valence-corrected chi connectivity index (χ4v) is 1.99. The number of nitrogens with two attached hydrogens (primary N) is 2. The molecule has 20 heavy (non-hydrogen) atoms. The molecule has 0 spiro atoms. The van der Waals surface area contributed by atoms with Crippen LogP contribution in [0.25, 0.3) is 11.1 Å². The van der Waals surface area contributed by atoms with Gasteiger partial charge in [0, 0.05) is 47.9 Å². The van der Waals surface area contributed by atoms with E-state index in [0.717, 1.165) is 16.8 Å². The Morgan fingerprint density at radius 2 is 1.85 bits per heavy atom. The number of nitrogens with one attached hydrogen (secondary N) is 1. The summed E-state index contributed by atoms with van der Waals surface area (Å²) < 4.78 is 5.00. The van der Waals surface area contributed by atoms with Crippen LogP contribution in [0.3, 0.4) is 0 Å². The first-order valence-electron chi connectivity index (χ1n) is 6.33. The molecule has 0 atom stereocenters. The van der Waals surface area contributed by atoms with Crippen LogP contribution >= 0.6 is 0 Å². The van der Waals surface area contributed by atoms with E-state index in [0.29, 0.717) is 24.5 Å². The Morgan fingerprint density at radius 1 is 1.05 bits per heavy atom. The van der Waals surface area contributed by atoms with Crippen molar-refractivity contribution in [2.24, 2.45) is 0 Å². The van der Waals surface area contributed by atoms with Crippen molar-refractivity contribution in [3.8, 4) is 16.9 Å². The van der Waals surface area contributed by atoms with E-state index in [1.165, 1.54) is 6.07 Å². The normalized spacial score (nSPS) is 10.4. The van der Waals surface area contributed by atoms with E-state index in [1.807, 2.05) is 18.2 Å². The molecule has 106 valence electrons. The van der Waals surface area contributed by atoms with Gasteiger partial charge in [0.2, 0.25) is 0 Å². The first-order chi connectivity index (χ1) is 9.61. The second kappa shape index (κ2) is 6.16. The molecule has 0 radical (unpaired) electrons. The van der Waals surface area contributed by atoms with E-state index < -0.39 is 0 Å². The monoisotopic (exact) mass is 273 g/mol. The lowest BCUT2D eigenvalue weighted by atomic mass is 10.0. The molecule has 0 unspecified atom stereocenters. The Balaban J connectivity index is 2.32. The summed E-state index contributed by atoms with van der Waals surface area (Å²) >= 11 is 0. The second-order valence-electron chi connectivity index (χ2n) is 4.49. The molecule has 6 N–H and O–H groups in total. The first kappa shape index (κ1) is 14.0. The minimum Gasteiger partial charge on any atom is -0.508 e. The molecule has 2 rings (SSSR count). The SMILES string of the molecule is COCCNc1ccc(N)c(-c2ccc(O)cc2N)c1. The van der Waals surface area contributed by atoms with Gasteiger partial charge in [0.05, 0.1) is 6.61 Å². The summed E-state index contributed by atoms with van der Waals surface area (Å²) in [4.78, 5) is 0. The summed E-state index contributed by atoms with van der Waals surface area (Å²) in [5, 5.41) is 12.7. The number of rotatable bonds is 5. The van der Waals surface area contributed by atoms with Gasteiger partial charge in [-0.2, -0.15) is 0 Å². The third kappa shape index (κ3) is 3.13. The van der Waals surface area contributed by atoms with Crippen molar-refractivity contribution >= 4 is 17.1 Å². The van der Waals surface area contributed by atoms with Gasteiger partial charge in [0.15, 0.2) is 0 Å². The van der Waals surface area contributed by atoms with Gasteiger partial charge >= 0.3 is 0 Å². The largest absolute Gasteiger partial charge is 0.508 e. The summed E-state index contributed by atoms with van der Waals surface area (Å²) in [6.07, 6.45) is 0. The molecule has 2 aromatic rings. The summed E-state index contributed by atoms with van der Waals surface area (Å²) in [5.74, 6) is 0.138. The van der Waals surface area contributed by atoms with Crippen LogP contribution in [0.5, 0.6) is 5.75 Å². The quantitative estimate of drug-likeness (QED) is 0.495. The Morgan fingerprint density at radius 3 is 2.55 bits per heavy atom. The molecule has 5 nitrogen and oxygen atoms in total. The number of ether oxygens (including phenoxy) is 1. The standard InChI is InChI=1S/C15H19N3O2/c1-20-7-6-18-10-2-5-14(16)13(8-10)12-4-3-11(19)9-15(12)17/h2-5,8-9,18-19H,6-7,16-17H2,1H3. The van der Waals surface area contributed by atoms with E-state index in [2.05, 4.69) is 5.32 Å². The number of aromatic hydroxyl groups is 1. The average Bonchev–Trinajstić information content (AvgIpc) is 2.41. The smallest absolute Gasteiger partial charge is 0.117 e. The predicted molar refractivity (Wildman–Crippen MR) is 82.7 cm³/mol. The summed E-state index contributed by atoms with van der Waals surface area (Å²) in [7, 11) is 1.66. The highest BCUT2D eigenvalue weighted by molar-refractivity contribution is 5.86. The molecule has 0 bridgehead atoms. The molecule has 5 heteroatoms. The number of nitrogen functional groups attached to an aromatic ring is 2. The third-order valence-electron chi connectivity index (χ3n) is 3.01. The van der Waals surface area contributed by atoms with Crippen molar-refractivity contribution < 1.29 is 9.84 Å². The van der Waals surface area contributed by atoms with Crippen LogP contribution < -0.4 is 16.8 Å². The van der Waals surface area contributed by atoms with E-state index in [-0.39, 0.29) is 5.75 Å². The zero-order valence-corrected chi connectivity index (χ0v) is 11.4. The lowest BCUT2D eigenvalue weighted by molar-refractivity contribution is 0.211. The van der Waals surface area contributed by atoms with Crippen molar-refractivity contribution in [3.63, 3.8) is 0 Å². The van der Waals surface area contributed by atoms with Crippen LogP contribution in [0.1, 0.15) is 0 Å². The number of methoxy groups -OCH3 is 1. The molecule has 0 aromatic heterocycles. The van der Waals surface area contributed by atoms with Crippen LogP contribution in [-0.4, -0.2) is 25.4 Å². The molecule has 0 fully saturated rings. The number of anilines is 3. The van der Waals surface area contributed by atoms with Crippen LogP contribution in [0, 0.1) is 0 Å². The van der Waals surface area contributed by atoms with Gasteiger partial charge in [-0.25, -0.2) is 0 Å². The lowest BCUT2D eigenvalue weighted by Crippen LogP contribution is -2.07. The van der Waals surface area contributed by atoms with Gasteiger partial charge < -0.3 is 26.6 Å². The van der Waals surface area contributed by atoms with E-state index >= 15 is 0 Å². The van der Waals surface area contributed by atoms with E-state index in [9.17, 15) is 5.11 Å². The summed E-state index contributed by atoms with van der Waals surface area (Å²) in [5.41, 5.74) is 15.7. The molecular formula is C15H19N3O2. The average molecular weight is 273 g/mol. The van der Waals surface area contributed by atoms with Gasteiger partial charge in [-0.1, -0.05) is 0 Å². The van der Waals surface area contributed by atoms with E-state index in [1.54, 1.807) is 19.2 Å². The molecule has 0 saturated carbocycles. The Kier molecular flexibility index (Phi) is 4.32. The van der Waals surface area contributed by atoms with Crippen LogP contribution in [0.15, 0.2) is 36.4 Å². The molecule has 0 amide bonds. The number of hydrogen-bond acceptors (Lipinski definition) is 5. The topological polar surface area (TPSA) is 93.5 Å². The maximum Gasteiger partial charge on any atom is 0.117 e. The number of phenolic OH excluding ortho intramolecular Hbond substituents is 1.